The van der Waals surface area contributed by atoms with Gasteiger partial charge in [0.25, 0.3) is 0 Å². The second-order valence-electron chi connectivity index (χ2n) is 0.560. The van der Waals surface area contributed by atoms with E-state index in [2.05, 4.69) is 15.9 Å². The second kappa shape index (κ2) is 8.24. The van der Waals surface area contributed by atoms with Crippen molar-refractivity contribution in [1.29, 1.82) is 0 Å². The molecule has 0 bridgehead atoms. The summed E-state index contributed by atoms with van der Waals surface area (Å²) in [4.78, 5) is 15.2. The molecule has 0 heterocycles. The van der Waals surface area contributed by atoms with E-state index in [-0.39, 0.29) is 88.9 Å². The van der Waals surface area contributed by atoms with Crippen LogP contribution in [-0.2, 0) is 8.64 Å². The van der Waals surface area contributed by atoms with Gasteiger partial charge >= 0.3 is 91.0 Å². The summed E-state index contributed by atoms with van der Waals surface area (Å²) in [6.07, 6.45) is 0. The summed E-state index contributed by atoms with van der Waals surface area (Å²) in [5.74, 6) is 0. The smallest absolute Gasteiger partial charge is 1.00 e. The standard InChI is InChI=1S/Ca.ClH2O4P.Sr.4H/c;1-5-6(2,3)4;;;;;/h;(H2,2,3,4);;;;;/q+2;;+2;4*-1. The third-order valence-corrected chi connectivity index (χ3v) is 0.809. The normalized spacial score (nSPS) is 8.88. The molecule has 0 fully saturated rings. The molecule has 0 aromatic rings. The topological polar surface area (TPSA) is 66.8 Å². The Morgan fingerprint density at radius 3 is 1.75 bits per heavy atom. The Morgan fingerprint density at radius 1 is 1.62 bits per heavy atom. The maximum Gasteiger partial charge on any atom is 2.00 e. The van der Waals surface area contributed by atoms with Crippen molar-refractivity contribution in [3.05, 3.63) is 0 Å². The fraction of sp³-hybridized carbons (Fsp3) is 0. The van der Waals surface area contributed by atoms with E-state index < -0.39 is 7.82 Å². The number of phosphoric acid groups is 1. The molecule has 0 aliphatic carbocycles. The largest absolute Gasteiger partial charge is 2.00 e. The minimum Gasteiger partial charge on any atom is -1.00 e. The SMILES string of the molecule is O=P(O)(O)OCl.[Ca+2].[H-].[H-].[H-].[H-].[Sr+2]. The summed E-state index contributed by atoms with van der Waals surface area (Å²) < 4.78 is 12.4. The zero-order valence-electron chi connectivity index (χ0n) is 7.95. The van der Waals surface area contributed by atoms with E-state index in [9.17, 15) is 4.57 Å². The maximum absolute atomic E-state index is 9.34. The van der Waals surface area contributed by atoms with E-state index in [1.807, 2.05) is 0 Å². The van der Waals surface area contributed by atoms with Gasteiger partial charge in [-0.2, -0.15) is 4.08 Å². The van der Waals surface area contributed by atoms with Gasteiger partial charge in [-0.3, -0.25) is 0 Å². The molecule has 0 radical (unpaired) electrons. The maximum atomic E-state index is 9.34. The Morgan fingerprint density at radius 2 is 1.75 bits per heavy atom. The predicted octanol–water partition coefficient (Wildman–Crippen LogP) is -0.0621. The molecule has 4 nitrogen and oxygen atoms in total. The Hall–Kier alpha value is 3.14. The van der Waals surface area contributed by atoms with E-state index >= 15 is 0 Å². The van der Waals surface area contributed by atoms with Crippen molar-refractivity contribution in [2.45, 2.75) is 0 Å². The number of halogens is 1. The first-order valence-electron chi connectivity index (χ1n) is 0.919. The third kappa shape index (κ3) is 16.1. The first-order valence-corrected chi connectivity index (χ1v) is 2.76. The molecule has 0 aromatic heterocycles. The van der Waals surface area contributed by atoms with Crippen LogP contribution in [0.4, 0.5) is 0 Å². The van der Waals surface area contributed by atoms with Crippen LogP contribution in [0.1, 0.15) is 5.71 Å². The average Bonchev–Trinajstić information content (AvgIpc) is 1.35. The Balaban J connectivity index is -0.00000000833. The van der Waals surface area contributed by atoms with Crippen LogP contribution in [0, 0.1) is 0 Å². The summed E-state index contributed by atoms with van der Waals surface area (Å²) in [7, 11) is -4.38. The molecule has 0 saturated carbocycles. The van der Waals surface area contributed by atoms with E-state index in [0.29, 0.717) is 0 Å². The molecule has 0 spiro atoms. The fourth-order valence-electron chi connectivity index (χ4n) is 0. The van der Waals surface area contributed by atoms with Gasteiger partial charge in [0, 0.05) is 0 Å². The molecule has 46 valence electrons. The van der Waals surface area contributed by atoms with Crippen LogP contribution < -0.4 is 0 Å². The van der Waals surface area contributed by atoms with Gasteiger partial charge in [0.1, 0.15) is 0 Å². The quantitative estimate of drug-likeness (QED) is 0.514. The molecule has 0 aromatic carbocycles. The van der Waals surface area contributed by atoms with Gasteiger partial charge in [-0.05, 0) is 0 Å². The van der Waals surface area contributed by atoms with E-state index in [4.69, 9.17) is 9.79 Å². The fourth-order valence-corrected chi connectivity index (χ4v) is 0. The van der Waals surface area contributed by atoms with Crippen LogP contribution in [0.15, 0.2) is 0 Å². The zero-order chi connectivity index (χ0) is 5.21. The summed E-state index contributed by atoms with van der Waals surface area (Å²) in [5.41, 5.74) is 0. The molecule has 0 unspecified atom stereocenters. The molecule has 8 heteroatoms. The minimum absolute atomic E-state index is 0. The number of hydrogen-bond donors (Lipinski definition) is 2. The van der Waals surface area contributed by atoms with Gasteiger partial charge in [0.15, 0.2) is 0 Å². The Labute approximate surface area is 125 Å². The van der Waals surface area contributed by atoms with Gasteiger partial charge in [0.05, 0.1) is 11.9 Å². The summed E-state index contributed by atoms with van der Waals surface area (Å²) in [6.45, 7) is 0. The number of hydrogen-bond acceptors (Lipinski definition) is 2. The summed E-state index contributed by atoms with van der Waals surface area (Å²) in [5, 5.41) is 0. The minimum atomic E-state index is -4.38. The molecule has 0 aliphatic rings. The van der Waals surface area contributed by atoms with Crippen molar-refractivity contribution in [2.24, 2.45) is 0 Å². The van der Waals surface area contributed by atoms with Gasteiger partial charge in [-0.15, -0.1) is 0 Å². The van der Waals surface area contributed by atoms with Crippen molar-refractivity contribution < 1.29 is 24.1 Å². The van der Waals surface area contributed by atoms with Crippen molar-refractivity contribution in [3.63, 3.8) is 0 Å². The van der Waals surface area contributed by atoms with Crippen LogP contribution in [0.2, 0.25) is 0 Å². The van der Waals surface area contributed by atoms with Crippen molar-refractivity contribution in [1.82, 2.24) is 0 Å². The molecular formula is H6CaClO4PSr. The van der Waals surface area contributed by atoms with Crippen LogP contribution in [0.25, 0.3) is 0 Å². The van der Waals surface area contributed by atoms with Gasteiger partial charge in [0.2, 0.25) is 0 Å². The first kappa shape index (κ1) is 17.3. The Bertz CT molecular complexity index is 91.1. The third-order valence-electron chi connectivity index (χ3n) is 0.0899. The summed E-state index contributed by atoms with van der Waals surface area (Å²) >= 11 is 4.21. The molecule has 0 amide bonds. The molecule has 0 saturated heterocycles. The van der Waals surface area contributed by atoms with E-state index in [1.165, 1.54) is 0 Å². The van der Waals surface area contributed by atoms with E-state index in [1.54, 1.807) is 0 Å². The molecular weight excluding hydrogens is 258 g/mol. The molecule has 0 aliphatic heterocycles. The predicted molar refractivity (Wildman–Crippen MR) is 34.9 cm³/mol. The summed E-state index contributed by atoms with van der Waals surface area (Å²) in [6, 6.07) is 0. The average molecular weight is 264 g/mol. The second-order valence-corrected chi connectivity index (χ2v) is 2.09. The van der Waals surface area contributed by atoms with E-state index in [0.717, 1.165) is 0 Å². The molecule has 0 rings (SSSR count). The number of rotatable bonds is 1. The van der Waals surface area contributed by atoms with Crippen LogP contribution in [0.5, 0.6) is 0 Å². The van der Waals surface area contributed by atoms with Crippen LogP contribution in [-0.4, -0.2) is 93.0 Å². The monoisotopic (exact) mass is 264 g/mol. The van der Waals surface area contributed by atoms with Gasteiger partial charge < -0.3 is 15.5 Å². The molecule has 8 heavy (non-hydrogen) atoms. The van der Waals surface area contributed by atoms with Crippen molar-refractivity contribution >= 4 is 103 Å². The zero-order valence-corrected chi connectivity index (χ0v) is 11.3. The van der Waals surface area contributed by atoms with Crippen molar-refractivity contribution in [3.8, 4) is 0 Å². The van der Waals surface area contributed by atoms with Crippen molar-refractivity contribution in [2.75, 3.05) is 0 Å². The first-order chi connectivity index (χ1) is 2.56. The molecule has 2 N–H and O–H groups in total. The Kier molecular flexibility index (Phi) is 17.8. The van der Waals surface area contributed by atoms with Crippen LogP contribution in [0.3, 0.4) is 0 Å². The van der Waals surface area contributed by atoms with Crippen LogP contribution >= 0.6 is 19.7 Å². The van der Waals surface area contributed by atoms with Gasteiger partial charge in [-0.1, -0.05) is 0 Å². The molecule has 0 atom stereocenters. The van der Waals surface area contributed by atoms with Gasteiger partial charge in [-0.25, -0.2) is 4.57 Å².